The van der Waals surface area contributed by atoms with Gasteiger partial charge in [0.2, 0.25) is 0 Å². The molecule has 17 heavy (non-hydrogen) atoms. The Bertz CT molecular complexity index is 388. The number of alkyl halides is 3. The lowest BCUT2D eigenvalue weighted by atomic mass is 9.96. The molecule has 0 unspecified atom stereocenters. The predicted molar refractivity (Wildman–Crippen MR) is 65.5 cm³/mol. The van der Waals surface area contributed by atoms with E-state index in [4.69, 9.17) is 5.73 Å². The Morgan fingerprint density at radius 3 is 2.35 bits per heavy atom. The third kappa shape index (κ3) is 4.00. The number of nitrogens with two attached hydrogens (primary N) is 1. The highest BCUT2D eigenvalue weighted by Crippen LogP contribution is 2.34. The molecule has 5 heteroatoms. The molecule has 0 aliphatic rings. The van der Waals surface area contributed by atoms with E-state index in [1.165, 1.54) is 6.07 Å². The van der Waals surface area contributed by atoms with Crippen molar-refractivity contribution in [2.75, 3.05) is 0 Å². The van der Waals surface area contributed by atoms with E-state index in [-0.39, 0.29) is 6.04 Å². The molecule has 0 aliphatic heterocycles. The van der Waals surface area contributed by atoms with Crippen molar-refractivity contribution in [2.45, 2.75) is 32.5 Å². The fourth-order valence-electron chi connectivity index (χ4n) is 1.64. The first-order valence-corrected chi connectivity index (χ1v) is 6.13. The summed E-state index contributed by atoms with van der Waals surface area (Å²) in [6.45, 7) is 3.97. The van der Waals surface area contributed by atoms with Crippen molar-refractivity contribution in [1.82, 2.24) is 0 Å². The quantitative estimate of drug-likeness (QED) is 0.873. The molecule has 0 aromatic heterocycles. The SMILES string of the molecule is CC(C)C[C@H](N)c1cc(C(F)(F)F)ccc1Br. The fraction of sp³-hybridized carbons (Fsp3) is 0.500. The number of halogens is 4. The van der Waals surface area contributed by atoms with Crippen molar-refractivity contribution in [3.8, 4) is 0 Å². The van der Waals surface area contributed by atoms with Gasteiger partial charge < -0.3 is 5.73 Å². The van der Waals surface area contributed by atoms with Crippen molar-refractivity contribution >= 4 is 15.9 Å². The van der Waals surface area contributed by atoms with Crippen molar-refractivity contribution in [3.05, 3.63) is 33.8 Å². The first kappa shape index (κ1) is 14.5. The first-order chi connectivity index (χ1) is 7.71. The molecule has 1 nitrogen and oxygen atoms in total. The normalized spacial score (nSPS) is 14.1. The molecule has 0 saturated heterocycles. The molecule has 0 fully saturated rings. The molecule has 0 aliphatic carbocycles. The van der Waals surface area contributed by atoms with Crippen molar-refractivity contribution < 1.29 is 13.2 Å². The zero-order valence-corrected chi connectivity index (χ0v) is 11.3. The van der Waals surface area contributed by atoms with E-state index >= 15 is 0 Å². The third-order valence-corrected chi connectivity index (χ3v) is 3.17. The number of rotatable bonds is 3. The molecule has 0 spiro atoms. The van der Waals surface area contributed by atoms with Crippen LogP contribution in [0.1, 0.15) is 37.4 Å². The highest BCUT2D eigenvalue weighted by molar-refractivity contribution is 9.10. The van der Waals surface area contributed by atoms with Gasteiger partial charge in [0.05, 0.1) is 5.56 Å². The molecular formula is C12H15BrF3N. The number of benzene rings is 1. The lowest BCUT2D eigenvalue weighted by Crippen LogP contribution is -2.15. The van der Waals surface area contributed by atoms with Crippen LogP contribution in [0.25, 0.3) is 0 Å². The summed E-state index contributed by atoms with van der Waals surface area (Å²) in [5, 5.41) is 0. The van der Waals surface area contributed by atoms with Gasteiger partial charge in [-0.1, -0.05) is 29.8 Å². The second-order valence-corrected chi connectivity index (χ2v) is 5.32. The topological polar surface area (TPSA) is 26.0 Å². The van der Waals surface area contributed by atoms with Gasteiger partial charge in [-0.25, -0.2) is 0 Å². The van der Waals surface area contributed by atoms with E-state index in [2.05, 4.69) is 15.9 Å². The maximum absolute atomic E-state index is 12.6. The molecule has 1 aromatic rings. The van der Waals surface area contributed by atoms with Crippen LogP contribution in [0.4, 0.5) is 13.2 Å². The monoisotopic (exact) mass is 309 g/mol. The van der Waals surface area contributed by atoms with Gasteiger partial charge in [0.15, 0.2) is 0 Å². The molecule has 1 rings (SSSR count). The van der Waals surface area contributed by atoms with Crippen LogP contribution in [0.3, 0.4) is 0 Å². The van der Waals surface area contributed by atoms with Gasteiger partial charge in [0.1, 0.15) is 0 Å². The van der Waals surface area contributed by atoms with E-state index in [1.807, 2.05) is 13.8 Å². The predicted octanol–water partition coefficient (Wildman–Crippen LogP) is 4.51. The average Bonchev–Trinajstić information content (AvgIpc) is 2.15. The van der Waals surface area contributed by atoms with Gasteiger partial charge in [-0.2, -0.15) is 13.2 Å². The Labute approximate surface area is 107 Å². The molecule has 96 valence electrons. The van der Waals surface area contributed by atoms with Crippen LogP contribution in [-0.4, -0.2) is 0 Å². The van der Waals surface area contributed by atoms with E-state index in [9.17, 15) is 13.2 Å². The van der Waals surface area contributed by atoms with Crippen LogP contribution >= 0.6 is 15.9 Å². The van der Waals surface area contributed by atoms with Crippen LogP contribution in [-0.2, 0) is 6.18 Å². The van der Waals surface area contributed by atoms with Crippen molar-refractivity contribution in [1.29, 1.82) is 0 Å². The Morgan fingerprint density at radius 2 is 1.88 bits per heavy atom. The van der Waals surface area contributed by atoms with E-state index in [1.54, 1.807) is 0 Å². The Kier molecular flexibility index (Phi) is 4.61. The highest BCUT2D eigenvalue weighted by Gasteiger charge is 2.31. The van der Waals surface area contributed by atoms with Crippen LogP contribution in [0.2, 0.25) is 0 Å². The molecule has 0 radical (unpaired) electrons. The maximum atomic E-state index is 12.6. The van der Waals surface area contributed by atoms with E-state index in [0.717, 1.165) is 12.1 Å². The zero-order valence-electron chi connectivity index (χ0n) is 9.68. The highest BCUT2D eigenvalue weighted by atomic mass is 79.9. The van der Waals surface area contributed by atoms with Gasteiger partial charge in [0, 0.05) is 10.5 Å². The van der Waals surface area contributed by atoms with Crippen molar-refractivity contribution in [3.63, 3.8) is 0 Å². The van der Waals surface area contributed by atoms with Crippen LogP contribution < -0.4 is 5.73 Å². The van der Waals surface area contributed by atoms with E-state index in [0.29, 0.717) is 22.4 Å². The summed E-state index contributed by atoms with van der Waals surface area (Å²) in [7, 11) is 0. The standard InChI is InChI=1S/C12H15BrF3N/c1-7(2)5-11(17)9-6-8(12(14,15)16)3-4-10(9)13/h3-4,6-7,11H,5,17H2,1-2H3/t11-/m0/s1. The molecule has 2 N–H and O–H groups in total. The number of hydrogen-bond donors (Lipinski definition) is 1. The maximum Gasteiger partial charge on any atom is 0.416 e. The summed E-state index contributed by atoms with van der Waals surface area (Å²) in [6, 6.07) is 3.19. The van der Waals surface area contributed by atoms with Crippen LogP contribution in [0, 0.1) is 5.92 Å². The van der Waals surface area contributed by atoms with Gasteiger partial charge in [-0.05, 0) is 36.1 Å². The smallest absolute Gasteiger partial charge is 0.324 e. The summed E-state index contributed by atoms with van der Waals surface area (Å²) in [5.41, 5.74) is 5.76. The molecule has 0 bridgehead atoms. The van der Waals surface area contributed by atoms with Crippen LogP contribution in [0.15, 0.2) is 22.7 Å². The average molecular weight is 310 g/mol. The molecule has 0 amide bonds. The Hall–Kier alpha value is -0.550. The number of hydrogen-bond acceptors (Lipinski definition) is 1. The van der Waals surface area contributed by atoms with Gasteiger partial charge >= 0.3 is 6.18 Å². The summed E-state index contributed by atoms with van der Waals surface area (Å²) in [5.74, 6) is 0.339. The lowest BCUT2D eigenvalue weighted by Gasteiger charge is -2.18. The van der Waals surface area contributed by atoms with E-state index < -0.39 is 11.7 Å². The molecule has 1 aromatic carbocycles. The zero-order chi connectivity index (χ0) is 13.2. The Morgan fingerprint density at radius 1 is 1.29 bits per heavy atom. The fourth-order valence-corrected chi connectivity index (χ4v) is 2.18. The summed E-state index contributed by atoms with van der Waals surface area (Å²) in [6.07, 6.45) is -3.67. The Balaban J connectivity index is 3.06. The van der Waals surface area contributed by atoms with Crippen molar-refractivity contribution in [2.24, 2.45) is 11.7 Å². The molecule has 0 heterocycles. The summed E-state index contributed by atoms with van der Waals surface area (Å²) in [4.78, 5) is 0. The second-order valence-electron chi connectivity index (χ2n) is 4.47. The first-order valence-electron chi connectivity index (χ1n) is 5.34. The second kappa shape index (κ2) is 5.40. The van der Waals surface area contributed by atoms with Crippen LogP contribution in [0.5, 0.6) is 0 Å². The minimum Gasteiger partial charge on any atom is -0.324 e. The van der Waals surface area contributed by atoms with Gasteiger partial charge in [-0.15, -0.1) is 0 Å². The molecule has 1 atom stereocenters. The largest absolute Gasteiger partial charge is 0.416 e. The minimum absolute atomic E-state index is 0.339. The third-order valence-electron chi connectivity index (χ3n) is 2.45. The molecular weight excluding hydrogens is 295 g/mol. The summed E-state index contributed by atoms with van der Waals surface area (Å²) >= 11 is 3.24. The molecule has 0 saturated carbocycles. The lowest BCUT2D eigenvalue weighted by molar-refractivity contribution is -0.137. The van der Waals surface area contributed by atoms with Gasteiger partial charge in [-0.3, -0.25) is 0 Å². The minimum atomic E-state index is -4.33. The van der Waals surface area contributed by atoms with Gasteiger partial charge in [0.25, 0.3) is 0 Å². The summed E-state index contributed by atoms with van der Waals surface area (Å²) < 4.78 is 38.3.